The lowest BCUT2D eigenvalue weighted by Crippen LogP contribution is -1.98. The van der Waals surface area contributed by atoms with Crippen molar-refractivity contribution in [2.45, 2.75) is 44.9 Å². The Morgan fingerprint density at radius 1 is 1.27 bits per heavy atom. The highest BCUT2D eigenvalue weighted by Crippen LogP contribution is 2.13. The third kappa shape index (κ3) is 8.55. The molecule has 0 heterocycles. The summed E-state index contributed by atoms with van der Waals surface area (Å²) in [6, 6.07) is 0. The number of rotatable bonds is 7. The van der Waals surface area contributed by atoms with E-state index in [0.717, 1.165) is 0 Å². The molecule has 0 nitrogen and oxygen atoms in total. The standard InChI is InChI=1S/C9H19ClS/c1-3-6-9(10)7-5-8-11-4-2/h9H,3-8H2,1-2H3. The molecule has 0 aliphatic rings. The van der Waals surface area contributed by atoms with Gasteiger partial charge in [0.1, 0.15) is 0 Å². The van der Waals surface area contributed by atoms with Gasteiger partial charge < -0.3 is 0 Å². The number of hydrogen-bond donors (Lipinski definition) is 0. The van der Waals surface area contributed by atoms with Crippen LogP contribution in [0.15, 0.2) is 0 Å². The molecule has 0 fully saturated rings. The molecule has 0 aliphatic heterocycles. The maximum Gasteiger partial charge on any atom is 0.0336 e. The van der Waals surface area contributed by atoms with Crippen LogP contribution in [0, 0.1) is 0 Å². The van der Waals surface area contributed by atoms with E-state index in [1.54, 1.807) is 0 Å². The van der Waals surface area contributed by atoms with E-state index < -0.39 is 0 Å². The van der Waals surface area contributed by atoms with Gasteiger partial charge in [-0.05, 0) is 30.8 Å². The summed E-state index contributed by atoms with van der Waals surface area (Å²) in [5.74, 6) is 2.52. The van der Waals surface area contributed by atoms with Gasteiger partial charge in [0.15, 0.2) is 0 Å². The largest absolute Gasteiger partial charge is 0.162 e. The van der Waals surface area contributed by atoms with E-state index in [2.05, 4.69) is 13.8 Å². The van der Waals surface area contributed by atoms with Crippen LogP contribution in [0.3, 0.4) is 0 Å². The maximum absolute atomic E-state index is 6.05. The first-order chi connectivity index (χ1) is 5.31. The molecular weight excluding hydrogens is 176 g/mol. The lowest BCUT2D eigenvalue weighted by atomic mass is 10.2. The number of thioether (sulfide) groups is 1. The number of hydrogen-bond acceptors (Lipinski definition) is 1. The van der Waals surface area contributed by atoms with Crippen LogP contribution in [-0.2, 0) is 0 Å². The summed E-state index contributed by atoms with van der Waals surface area (Å²) in [6.07, 6.45) is 4.88. The van der Waals surface area contributed by atoms with Crippen molar-refractivity contribution in [1.29, 1.82) is 0 Å². The SMILES string of the molecule is CCCC(Cl)CCCSCC. The molecule has 0 bridgehead atoms. The van der Waals surface area contributed by atoms with Crippen molar-refractivity contribution in [2.75, 3.05) is 11.5 Å². The van der Waals surface area contributed by atoms with Crippen molar-refractivity contribution in [3.05, 3.63) is 0 Å². The molecule has 1 unspecified atom stereocenters. The number of alkyl halides is 1. The fourth-order valence-electron chi connectivity index (χ4n) is 1.01. The van der Waals surface area contributed by atoms with Crippen molar-refractivity contribution in [2.24, 2.45) is 0 Å². The van der Waals surface area contributed by atoms with Crippen LogP contribution < -0.4 is 0 Å². The van der Waals surface area contributed by atoms with Crippen LogP contribution in [0.5, 0.6) is 0 Å². The Hall–Kier alpha value is 0.640. The van der Waals surface area contributed by atoms with Gasteiger partial charge in [-0.3, -0.25) is 0 Å². The van der Waals surface area contributed by atoms with Crippen LogP contribution in [0.2, 0.25) is 0 Å². The Bertz CT molecular complexity index is 76.0. The van der Waals surface area contributed by atoms with Gasteiger partial charge in [-0.25, -0.2) is 0 Å². The molecule has 0 aliphatic carbocycles. The Kier molecular flexibility index (Phi) is 9.24. The van der Waals surface area contributed by atoms with Crippen molar-refractivity contribution in [1.82, 2.24) is 0 Å². The van der Waals surface area contributed by atoms with Gasteiger partial charge in [0.25, 0.3) is 0 Å². The fraction of sp³-hybridized carbons (Fsp3) is 1.00. The molecule has 68 valence electrons. The summed E-state index contributed by atoms with van der Waals surface area (Å²) in [5, 5.41) is 0.428. The van der Waals surface area contributed by atoms with E-state index in [1.807, 2.05) is 11.8 Å². The molecule has 0 radical (unpaired) electrons. The van der Waals surface area contributed by atoms with Gasteiger partial charge in [-0.15, -0.1) is 11.6 Å². The van der Waals surface area contributed by atoms with Crippen molar-refractivity contribution in [3.63, 3.8) is 0 Å². The molecule has 0 spiro atoms. The van der Waals surface area contributed by atoms with Crippen LogP contribution >= 0.6 is 23.4 Å². The summed E-state index contributed by atoms with van der Waals surface area (Å²) in [7, 11) is 0. The first kappa shape index (κ1) is 11.6. The van der Waals surface area contributed by atoms with Gasteiger partial charge >= 0.3 is 0 Å². The van der Waals surface area contributed by atoms with E-state index in [0.29, 0.717) is 5.38 Å². The van der Waals surface area contributed by atoms with Crippen molar-refractivity contribution in [3.8, 4) is 0 Å². The molecule has 0 aromatic heterocycles. The summed E-state index contributed by atoms with van der Waals surface area (Å²) in [4.78, 5) is 0. The molecule has 2 heteroatoms. The molecule has 0 saturated heterocycles. The van der Waals surface area contributed by atoms with Crippen LogP contribution in [0.25, 0.3) is 0 Å². The highest BCUT2D eigenvalue weighted by atomic mass is 35.5. The Morgan fingerprint density at radius 2 is 2.00 bits per heavy atom. The van der Waals surface area contributed by atoms with Gasteiger partial charge in [-0.2, -0.15) is 11.8 Å². The van der Waals surface area contributed by atoms with Crippen LogP contribution in [0.1, 0.15) is 39.5 Å². The minimum atomic E-state index is 0.428. The summed E-state index contributed by atoms with van der Waals surface area (Å²) in [6.45, 7) is 4.39. The minimum Gasteiger partial charge on any atom is -0.162 e. The first-order valence-corrected chi connectivity index (χ1v) is 6.12. The average molecular weight is 195 g/mol. The Labute approximate surface area is 80.1 Å². The second-order valence-electron chi connectivity index (χ2n) is 2.73. The molecule has 0 saturated carbocycles. The monoisotopic (exact) mass is 194 g/mol. The quantitative estimate of drug-likeness (QED) is 0.437. The van der Waals surface area contributed by atoms with E-state index in [4.69, 9.17) is 11.6 Å². The zero-order chi connectivity index (χ0) is 8.53. The molecule has 0 aromatic carbocycles. The second-order valence-corrected chi connectivity index (χ2v) is 4.74. The van der Waals surface area contributed by atoms with E-state index in [-0.39, 0.29) is 0 Å². The van der Waals surface area contributed by atoms with E-state index in [1.165, 1.54) is 37.2 Å². The summed E-state index contributed by atoms with van der Waals surface area (Å²) < 4.78 is 0. The van der Waals surface area contributed by atoms with Gasteiger partial charge in [0.05, 0.1) is 0 Å². The van der Waals surface area contributed by atoms with E-state index in [9.17, 15) is 0 Å². The zero-order valence-corrected chi connectivity index (χ0v) is 9.18. The summed E-state index contributed by atoms with van der Waals surface area (Å²) >= 11 is 8.06. The fourth-order valence-corrected chi connectivity index (χ4v) is 2.04. The smallest absolute Gasteiger partial charge is 0.0336 e. The average Bonchev–Trinajstić information content (AvgIpc) is 1.99. The van der Waals surface area contributed by atoms with E-state index >= 15 is 0 Å². The lowest BCUT2D eigenvalue weighted by Gasteiger charge is -2.06. The molecule has 0 aromatic rings. The maximum atomic E-state index is 6.05. The van der Waals surface area contributed by atoms with Gasteiger partial charge in [0, 0.05) is 5.38 Å². The molecule has 0 N–H and O–H groups in total. The highest BCUT2D eigenvalue weighted by molar-refractivity contribution is 7.99. The predicted molar refractivity (Wildman–Crippen MR) is 56.8 cm³/mol. The van der Waals surface area contributed by atoms with Crippen molar-refractivity contribution < 1.29 is 0 Å². The van der Waals surface area contributed by atoms with Crippen LogP contribution in [0.4, 0.5) is 0 Å². The Balaban J connectivity index is 2.97. The van der Waals surface area contributed by atoms with Gasteiger partial charge in [0.2, 0.25) is 0 Å². The normalized spacial score (nSPS) is 13.4. The van der Waals surface area contributed by atoms with Crippen LogP contribution in [-0.4, -0.2) is 16.9 Å². The third-order valence-electron chi connectivity index (χ3n) is 1.61. The second kappa shape index (κ2) is 8.73. The molecular formula is C9H19ClS. The van der Waals surface area contributed by atoms with Crippen molar-refractivity contribution >= 4 is 23.4 Å². The molecule has 0 amide bonds. The number of halogens is 1. The minimum absolute atomic E-state index is 0.428. The summed E-state index contributed by atoms with van der Waals surface area (Å²) in [5.41, 5.74) is 0. The zero-order valence-electron chi connectivity index (χ0n) is 7.61. The molecule has 11 heavy (non-hydrogen) atoms. The Morgan fingerprint density at radius 3 is 2.55 bits per heavy atom. The highest BCUT2D eigenvalue weighted by Gasteiger charge is 2.01. The first-order valence-electron chi connectivity index (χ1n) is 4.53. The lowest BCUT2D eigenvalue weighted by molar-refractivity contribution is 0.668. The molecule has 0 rings (SSSR count). The predicted octanol–water partition coefficient (Wildman–Crippen LogP) is 3.93. The molecule has 1 atom stereocenters. The van der Waals surface area contributed by atoms with Gasteiger partial charge in [-0.1, -0.05) is 20.3 Å². The third-order valence-corrected chi connectivity index (χ3v) is 3.03. The topological polar surface area (TPSA) is 0 Å².